The van der Waals surface area contributed by atoms with Crippen molar-refractivity contribution < 1.29 is 12.8 Å². The minimum Gasteiger partial charge on any atom is -0.386 e. The van der Waals surface area contributed by atoms with E-state index in [4.69, 9.17) is 11.0 Å². The van der Waals surface area contributed by atoms with Crippen LogP contribution in [-0.2, 0) is 9.84 Å². The van der Waals surface area contributed by atoms with Crippen molar-refractivity contribution in [2.45, 2.75) is 18.2 Å². The zero-order valence-electron chi connectivity index (χ0n) is 15.7. The number of hydrogen-bond donors (Lipinski definition) is 2. The van der Waals surface area contributed by atoms with Crippen molar-refractivity contribution in [2.24, 2.45) is 10.7 Å². The number of amidine groups is 1. The van der Waals surface area contributed by atoms with Crippen LogP contribution in [0.4, 0.5) is 16.0 Å². The lowest BCUT2D eigenvalue weighted by molar-refractivity contribution is 0.565. The van der Waals surface area contributed by atoms with E-state index in [1.165, 1.54) is 25.4 Å². The van der Waals surface area contributed by atoms with Crippen molar-refractivity contribution in [3.63, 3.8) is 0 Å². The summed E-state index contributed by atoms with van der Waals surface area (Å²) in [6.45, 7) is 1.46. The first-order chi connectivity index (χ1) is 14.3. The van der Waals surface area contributed by atoms with Gasteiger partial charge in [-0.15, -0.1) is 0 Å². The number of nitrogens with one attached hydrogen (secondary N) is 1. The fourth-order valence-electron chi connectivity index (χ4n) is 3.14. The molecule has 4 rings (SSSR count). The van der Waals surface area contributed by atoms with Crippen LogP contribution >= 0.6 is 0 Å². The second-order valence-corrected chi connectivity index (χ2v) is 9.19. The number of hydrogen-bond acceptors (Lipinski definition) is 9. The Morgan fingerprint density at radius 3 is 2.80 bits per heavy atom. The first kappa shape index (κ1) is 19.7. The van der Waals surface area contributed by atoms with Gasteiger partial charge in [0.05, 0.1) is 23.6 Å². The number of anilines is 2. The number of sulfone groups is 1. The SMILES string of the molecule is C[C@H]1C(N)=NC(c2cc(Nc3nccc4cc(C#N)cnc34)ncc2F)CS1(=O)=O. The summed E-state index contributed by atoms with van der Waals surface area (Å²) in [5, 5.41) is 11.8. The van der Waals surface area contributed by atoms with E-state index in [-0.39, 0.29) is 23.0 Å². The highest BCUT2D eigenvalue weighted by Crippen LogP contribution is 2.30. The van der Waals surface area contributed by atoms with Gasteiger partial charge in [-0.2, -0.15) is 5.26 Å². The molecule has 30 heavy (non-hydrogen) atoms. The quantitative estimate of drug-likeness (QED) is 0.647. The summed E-state index contributed by atoms with van der Waals surface area (Å²) in [6, 6.07) is 5.82. The third-order valence-electron chi connectivity index (χ3n) is 4.87. The van der Waals surface area contributed by atoms with Crippen molar-refractivity contribution in [1.29, 1.82) is 5.26 Å². The van der Waals surface area contributed by atoms with Crippen LogP contribution in [-0.4, -0.2) is 40.2 Å². The molecule has 0 aliphatic carbocycles. The molecule has 3 aromatic rings. The van der Waals surface area contributed by atoms with Gasteiger partial charge in [-0.1, -0.05) is 0 Å². The Labute approximate surface area is 171 Å². The fourth-order valence-corrected chi connectivity index (χ4v) is 4.55. The number of nitriles is 1. The number of aromatic nitrogens is 3. The molecule has 2 atom stereocenters. The lowest BCUT2D eigenvalue weighted by atomic mass is 10.1. The number of fused-ring (bicyclic) bond motifs is 1. The second kappa shape index (κ2) is 7.31. The molecule has 0 saturated heterocycles. The van der Waals surface area contributed by atoms with Crippen LogP contribution in [0.2, 0.25) is 0 Å². The van der Waals surface area contributed by atoms with Gasteiger partial charge < -0.3 is 11.1 Å². The average Bonchev–Trinajstić information content (AvgIpc) is 2.72. The molecular weight excluding hydrogens is 409 g/mol. The lowest BCUT2D eigenvalue weighted by Crippen LogP contribution is -2.40. The topological polar surface area (TPSA) is 147 Å². The van der Waals surface area contributed by atoms with Crippen molar-refractivity contribution >= 4 is 38.2 Å². The first-order valence-electron chi connectivity index (χ1n) is 8.90. The molecule has 0 fully saturated rings. The molecule has 0 spiro atoms. The summed E-state index contributed by atoms with van der Waals surface area (Å²) < 4.78 is 39.1. The number of halogens is 1. The highest BCUT2D eigenvalue weighted by molar-refractivity contribution is 7.92. The van der Waals surface area contributed by atoms with Crippen molar-refractivity contribution in [2.75, 3.05) is 11.1 Å². The van der Waals surface area contributed by atoms with Gasteiger partial charge in [0.25, 0.3) is 0 Å². The van der Waals surface area contributed by atoms with Crippen LogP contribution in [0.25, 0.3) is 10.9 Å². The van der Waals surface area contributed by atoms with E-state index in [1.54, 1.807) is 12.1 Å². The van der Waals surface area contributed by atoms with Crippen LogP contribution in [0.3, 0.4) is 0 Å². The van der Waals surface area contributed by atoms with E-state index >= 15 is 0 Å². The van der Waals surface area contributed by atoms with Crippen LogP contribution in [0.1, 0.15) is 24.1 Å². The Morgan fingerprint density at radius 2 is 2.07 bits per heavy atom. The van der Waals surface area contributed by atoms with Gasteiger partial charge in [0, 0.05) is 23.3 Å². The van der Waals surface area contributed by atoms with E-state index in [0.29, 0.717) is 22.3 Å². The number of rotatable bonds is 3. The van der Waals surface area contributed by atoms with E-state index in [0.717, 1.165) is 6.20 Å². The molecule has 0 aromatic carbocycles. The highest BCUT2D eigenvalue weighted by Gasteiger charge is 2.35. The molecule has 9 nitrogen and oxygen atoms in total. The molecule has 152 valence electrons. The van der Waals surface area contributed by atoms with Gasteiger partial charge in [0.1, 0.15) is 34.3 Å². The number of pyridine rings is 3. The van der Waals surface area contributed by atoms with E-state index in [2.05, 4.69) is 25.3 Å². The molecule has 0 radical (unpaired) electrons. The van der Waals surface area contributed by atoms with Crippen molar-refractivity contribution in [3.8, 4) is 6.07 Å². The largest absolute Gasteiger partial charge is 0.386 e. The van der Waals surface area contributed by atoms with Crippen LogP contribution in [0, 0.1) is 17.1 Å². The van der Waals surface area contributed by atoms with Crippen molar-refractivity contribution in [1.82, 2.24) is 15.0 Å². The fraction of sp³-hybridized carbons (Fsp3) is 0.211. The Morgan fingerprint density at radius 1 is 1.27 bits per heavy atom. The predicted octanol–water partition coefficient (Wildman–Crippen LogP) is 1.99. The second-order valence-electron chi connectivity index (χ2n) is 6.82. The van der Waals surface area contributed by atoms with Gasteiger partial charge in [-0.05, 0) is 25.1 Å². The van der Waals surface area contributed by atoms with E-state index in [9.17, 15) is 12.8 Å². The zero-order valence-corrected chi connectivity index (χ0v) is 16.6. The molecule has 3 N–H and O–H groups in total. The van der Waals surface area contributed by atoms with Gasteiger partial charge >= 0.3 is 0 Å². The summed E-state index contributed by atoms with van der Waals surface area (Å²) in [7, 11) is -3.54. The number of aliphatic imine (C=N–C) groups is 1. The third-order valence-corrected chi connectivity index (χ3v) is 6.97. The zero-order chi connectivity index (χ0) is 21.5. The van der Waals surface area contributed by atoms with Gasteiger partial charge in [0.2, 0.25) is 0 Å². The lowest BCUT2D eigenvalue weighted by Gasteiger charge is -2.24. The summed E-state index contributed by atoms with van der Waals surface area (Å²) in [6.07, 6.45) is 3.95. The Hall–Kier alpha value is -3.65. The molecule has 0 bridgehead atoms. The standard InChI is InChI=1S/C19H16FN7O2S/c1-10-18(22)26-15(9-30(10,28)29)13-5-16(24-8-14(13)20)27-19-17-12(2-3-23-19)4-11(6-21)7-25-17/h2-5,7-8,10,15H,9H2,1H3,(H2,22,26)(H,23,24,27)/t10-,15?/m0/s1. The molecule has 3 aromatic heterocycles. The number of nitrogens with zero attached hydrogens (tertiary/aromatic N) is 5. The maximum atomic E-state index is 14.5. The summed E-state index contributed by atoms with van der Waals surface area (Å²) in [5.74, 6) is -0.489. The summed E-state index contributed by atoms with van der Waals surface area (Å²) in [5.41, 5.74) is 6.72. The third kappa shape index (κ3) is 3.53. The molecular formula is C19H16FN7O2S. The van der Waals surface area contributed by atoms with Gasteiger partial charge in [-0.25, -0.2) is 22.8 Å². The smallest absolute Gasteiger partial charge is 0.162 e. The van der Waals surface area contributed by atoms with Crippen LogP contribution < -0.4 is 11.1 Å². The summed E-state index contributed by atoms with van der Waals surface area (Å²) in [4.78, 5) is 16.7. The molecule has 4 heterocycles. The normalized spacial score (nSPS) is 20.4. The first-order valence-corrected chi connectivity index (χ1v) is 10.6. The monoisotopic (exact) mass is 425 g/mol. The minimum absolute atomic E-state index is 0.0508. The van der Waals surface area contributed by atoms with Gasteiger partial charge in [0.15, 0.2) is 15.7 Å². The Bertz CT molecular complexity index is 1330. The van der Waals surface area contributed by atoms with Crippen LogP contribution in [0.15, 0.2) is 41.8 Å². The Balaban J connectivity index is 1.72. The van der Waals surface area contributed by atoms with E-state index < -0.39 is 26.9 Å². The predicted molar refractivity (Wildman–Crippen MR) is 109 cm³/mol. The molecule has 1 unspecified atom stereocenters. The average molecular weight is 425 g/mol. The molecule has 0 saturated carbocycles. The molecule has 1 aliphatic heterocycles. The maximum Gasteiger partial charge on any atom is 0.162 e. The molecule has 0 amide bonds. The summed E-state index contributed by atoms with van der Waals surface area (Å²) >= 11 is 0. The Kier molecular flexibility index (Phi) is 4.79. The van der Waals surface area contributed by atoms with Gasteiger partial charge in [-0.3, -0.25) is 9.98 Å². The van der Waals surface area contributed by atoms with Crippen molar-refractivity contribution in [3.05, 3.63) is 53.7 Å². The minimum atomic E-state index is -3.54. The van der Waals surface area contributed by atoms with E-state index in [1.807, 2.05) is 6.07 Å². The molecule has 11 heteroatoms. The molecule has 1 aliphatic rings. The number of nitrogens with two attached hydrogens (primary N) is 1. The maximum absolute atomic E-state index is 14.5. The van der Waals surface area contributed by atoms with Crippen LogP contribution in [0.5, 0.6) is 0 Å². The highest BCUT2D eigenvalue weighted by atomic mass is 32.2.